The molecule has 0 unspecified atom stereocenters. The molecule has 33 heavy (non-hydrogen) atoms. The zero-order valence-electron chi connectivity index (χ0n) is 19.1. The fourth-order valence-electron chi connectivity index (χ4n) is 5.32. The largest absolute Gasteiger partial charge is 0.396 e. The van der Waals surface area contributed by atoms with Crippen LogP contribution in [-0.4, -0.2) is 39.3 Å². The van der Waals surface area contributed by atoms with E-state index in [4.69, 9.17) is 21.6 Å². The summed E-state index contributed by atoms with van der Waals surface area (Å²) in [5, 5.41) is 18.0. The van der Waals surface area contributed by atoms with Crippen LogP contribution in [0.25, 0.3) is 20.8 Å². The molecule has 176 valence electrons. The third kappa shape index (κ3) is 5.10. The lowest BCUT2D eigenvalue weighted by Gasteiger charge is -2.23. The minimum atomic E-state index is 0.228. The van der Waals surface area contributed by atoms with Gasteiger partial charge < -0.3 is 15.7 Å². The Morgan fingerprint density at radius 1 is 1.06 bits per heavy atom. The number of hydrogen-bond acceptors (Lipinski definition) is 7. The first-order chi connectivity index (χ1) is 16.1. The molecule has 0 amide bonds. The van der Waals surface area contributed by atoms with E-state index in [1.165, 1.54) is 32.1 Å². The molecular weight excluding hydrogens is 454 g/mol. The van der Waals surface area contributed by atoms with E-state index in [0.29, 0.717) is 28.9 Å². The van der Waals surface area contributed by atoms with Crippen molar-refractivity contribution in [1.29, 1.82) is 0 Å². The summed E-state index contributed by atoms with van der Waals surface area (Å²) < 4.78 is 1.11. The van der Waals surface area contributed by atoms with Crippen molar-refractivity contribution in [1.82, 2.24) is 15.0 Å². The van der Waals surface area contributed by atoms with E-state index >= 15 is 0 Å². The topological polar surface area (TPSA) is 83.0 Å². The van der Waals surface area contributed by atoms with Crippen LogP contribution in [0.1, 0.15) is 51.9 Å². The molecule has 6 nitrogen and oxygen atoms in total. The highest BCUT2D eigenvalue weighted by Gasteiger charge is 2.32. The fourth-order valence-corrected chi connectivity index (χ4v) is 6.64. The second-order valence-corrected chi connectivity index (χ2v) is 11.1. The van der Waals surface area contributed by atoms with Crippen LogP contribution in [0.15, 0.2) is 24.3 Å². The molecule has 2 fully saturated rings. The van der Waals surface area contributed by atoms with Crippen molar-refractivity contribution in [3.63, 3.8) is 0 Å². The Balaban J connectivity index is 1.46. The van der Waals surface area contributed by atoms with Crippen molar-refractivity contribution in [2.75, 3.05) is 23.8 Å². The predicted octanol–water partition coefficient (Wildman–Crippen LogP) is 6.22. The van der Waals surface area contributed by atoms with Gasteiger partial charge in [-0.25, -0.2) is 9.97 Å². The SMILES string of the molecule is C[C@@H]1C[C@@H](CO)C[C@H]1Nc1nc(NCC2CCCCC2)nc(Cl)c1-c1nc2ccccc2s1. The molecule has 0 saturated heterocycles. The summed E-state index contributed by atoms with van der Waals surface area (Å²) in [7, 11) is 0. The molecule has 0 spiro atoms. The summed E-state index contributed by atoms with van der Waals surface area (Å²) in [5.41, 5.74) is 1.72. The van der Waals surface area contributed by atoms with E-state index in [1.807, 2.05) is 18.2 Å². The third-order valence-electron chi connectivity index (χ3n) is 7.21. The summed E-state index contributed by atoms with van der Waals surface area (Å²) in [5.74, 6) is 2.74. The van der Waals surface area contributed by atoms with Crippen LogP contribution in [0, 0.1) is 17.8 Å². The number of halogens is 1. The Bertz CT molecular complexity index is 1070. The highest BCUT2D eigenvalue weighted by atomic mass is 35.5. The van der Waals surface area contributed by atoms with Gasteiger partial charge in [-0.15, -0.1) is 11.3 Å². The smallest absolute Gasteiger partial charge is 0.226 e. The second-order valence-electron chi connectivity index (χ2n) is 9.68. The first-order valence-electron chi connectivity index (χ1n) is 12.2. The number of nitrogens with zero attached hydrogens (tertiary/aromatic N) is 3. The first-order valence-corrected chi connectivity index (χ1v) is 13.3. The molecule has 0 bridgehead atoms. The van der Waals surface area contributed by atoms with Gasteiger partial charge in [0.15, 0.2) is 0 Å². The number of nitrogens with one attached hydrogen (secondary N) is 2. The van der Waals surface area contributed by atoms with Gasteiger partial charge in [0.1, 0.15) is 16.0 Å². The number of aromatic nitrogens is 3. The summed E-state index contributed by atoms with van der Waals surface area (Å²) >= 11 is 8.40. The fraction of sp³-hybridized carbons (Fsp3) is 0.560. The quantitative estimate of drug-likeness (QED) is 0.345. The molecule has 3 atom stereocenters. The van der Waals surface area contributed by atoms with Crippen LogP contribution < -0.4 is 10.6 Å². The maximum absolute atomic E-state index is 9.67. The van der Waals surface area contributed by atoms with Crippen molar-refractivity contribution in [3.8, 4) is 10.6 Å². The van der Waals surface area contributed by atoms with E-state index in [-0.39, 0.29) is 12.6 Å². The van der Waals surface area contributed by atoms with Crippen molar-refractivity contribution in [2.45, 2.75) is 57.9 Å². The number of anilines is 2. The molecule has 3 N–H and O–H groups in total. The van der Waals surface area contributed by atoms with Crippen molar-refractivity contribution < 1.29 is 5.11 Å². The Labute approximate surface area is 204 Å². The Kier molecular flexibility index (Phi) is 6.99. The van der Waals surface area contributed by atoms with E-state index in [1.54, 1.807) is 11.3 Å². The number of thiazole rings is 1. The van der Waals surface area contributed by atoms with Gasteiger partial charge in [-0.2, -0.15) is 4.98 Å². The Hall–Kier alpha value is -1.96. The number of fused-ring (bicyclic) bond motifs is 1. The monoisotopic (exact) mass is 485 g/mol. The highest BCUT2D eigenvalue weighted by molar-refractivity contribution is 7.21. The van der Waals surface area contributed by atoms with E-state index in [0.717, 1.165) is 46.0 Å². The van der Waals surface area contributed by atoms with Crippen molar-refractivity contribution in [3.05, 3.63) is 29.4 Å². The molecule has 5 rings (SSSR count). The van der Waals surface area contributed by atoms with Gasteiger partial charge in [0, 0.05) is 19.2 Å². The lowest BCUT2D eigenvalue weighted by Crippen LogP contribution is -2.24. The molecule has 2 aliphatic rings. The van der Waals surface area contributed by atoms with Crippen molar-refractivity contribution in [2.24, 2.45) is 17.8 Å². The number of hydrogen-bond donors (Lipinski definition) is 3. The zero-order valence-corrected chi connectivity index (χ0v) is 20.6. The normalized spacial score (nSPS) is 23.8. The van der Waals surface area contributed by atoms with Crippen LogP contribution in [0.4, 0.5) is 11.8 Å². The summed E-state index contributed by atoms with van der Waals surface area (Å²) in [6.45, 7) is 3.34. The number of aliphatic hydroxyl groups excluding tert-OH is 1. The maximum atomic E-state index is 9.67. The predicted molar refractivity (Wildman–Crippen MR) is 137 cm³/mol. The van der Waals surface area contributed by atoms with Gasteiger partial charge in [-0.1, -0.05) is 49.9 Å². The Morgan fingerprint density at radius 3 is 2.64 bits per heavy atom. The van der Waals surface area contributed by atoms with Crippen LogP contribution >= 0.6 is 22.9 Å². The standard InChI is InChI=1S/C25H32ClN5OS/c1-15-11-17(14-32)12-19(15)28-23-21(24-29-18-9-5-6-10-20(18)33-24)22(26)30-25(31-23)27-13-16-7-3-2-4-8-16/h5-6,9-10,15-17,19,32H,2-4,7-8,11-14H2,1H3,(H2,27,28,30,31)/t15-,17-,19-/m1/s1. The zero-order chi connectivity index (χ0) is 22.8. The summed E-state index contributed by atoms with van der Waals surface area (Å²) in [6.07, 6.45) is 8.42. The number of para-hydroxylation sites is 1. The highest BCUT2D eigenvalue weighted by Crippen LogP contribution is 2.40. The van der Waals surface area contributed by atoms with Gasteiger partial charge in [0.25, 0.3) is 0 Å². The van der Waals surface area contributed by atoms with Gasteiger partial charge in [0.05, 0.1) is 15.8 Å². The van der Waals surface area contributed by atoms with Gasteiger partial charge in [-0.05, 0) is 55.6 Å². The van der Waals surface area contributed by atoms with Crippen LogP contribution in [-0.2, 0) is 0 Å². The van der Waals surface area contributed by atoms with E-state index in [2.05, 4.69) is 28.6 Å². The van der Waals surface area contributed by atoms with E-state index in [9.17, 15) is 5.11 Å². The van der Waals surface area contributed by atoms with Gasteiger partial charge in [0.2, 0.25) is 5.95 Å². The molecule has 2 aliphatic carbocycles. The maximum Gasteiger partial charge on any atom is 0.226 e. The summed E-state index contributed by atoms with van der Waals surface area (Å²) in [6, 6.07) is 8.34. The molecule has 0 radical (unpaired) electrons. The molecule has 3 aromatic rings. The second kappa shape index (κ2) is 10.1. The molecule has 2 saturated carbocycles. The third-order valence-corrected chi connectivity index (χ3v) is 8.53. The lowest BCUT2D eigenvalue weighted by atomic mass is 9.89. The molecule has 2 heterocycles. The number of aliphatic hydroxyl groups is 1. The Morgan fingerprint density at radius 2 is 1.88 bits per heavy atom. The molecule has 0 aliphatic heterocycles. The van der Waals surface area contributed by atoms with Crippen LogP contribution in [0.5, 0.6) is 0 Å². The van der Waals surface area contributed by atoms with Crippen LogP contribution in [0.3, 0.4) is 0 Å². The van der Waals surface area contributed by atoms with Gasteiger partial charge >= 0.3 is 0 Å². The van der Waals surface area contributed by atoms with Crippen LogP contribution in [0.2, 0.25) is 5.15 Å². The minimum absolute atomic E-state index is 0.228. The van der Waals surface area contributed by atoms with E-state index < -0.39 is 0 Å². The number of rotatable bonds is 7. The lowest BCUT2D eigenvalue weighted by molar-refractivity contribution is 0.226. The van der Waals surface area contributed by atoms with Crippen molar-refractivity contribution >= 4 is 44.9 Å². The summed E-state index contributed by atoms with van der Waals surface area (Å²) in [4.78, 5) is 14.4. The minimum Gasteiger partial charge on any atom is -0.396 e. The molecule has 8 heteroatoms. The molecule has 1 aromatic carbocycles. The number of benzene rings is 1. The van der Waals surface area contributed by atoms with Gasteiger partial charge in [-0.3, -0.25) is 0 Å². The molecular formula is C25H32ClN5OS. The average molecular weight is 486 g/mol. The molecule has 2 aromatic heterocycles. The average Bonchev–Trinajstić information content (AvgIpc) is 3.41. The first kappa shape index (κ1) is 22.8.